The number of nitrogens with zero attached hydrogens (tertiary/aromatic N) is 2. The number of carbonyl (C=O) groups is 1. The quantitative estimate of drug-likeness (QED) is 0.766. The van der Waals surface area contributed by atoms with Crippen molar-refractivity contribution in [3.8, 4) is 0 Å². The van der Waals surface area contributed by atoms with Crippen molar-refractivity contribution in [1.29, 1.82) is 0 Å². The highest BCUT2D eigenvalue weighted by molar-refractivity contribution is 5.82. The maximum absolute atomic E-state index is 11.7. The Balaban J connectivity index is 2.03. The van der Waals surface area contributed by atoms with Gasteiger partial charge >= 0.3 is 0 Å². The van der Waals surface area contributed by atoms with E-state index in [4.69, 9.17) is 5.73 Å². The first kappa shape index (κ1) is 10.1. The zero-order valence-electron chi connectivity index (χ0n) is 8.60. The molecule has 1 aromatic rings. The molecule has 1 unspecified atom stereocenters. The molecule has 2 heterocycles. The molecular weight excluding hydrogens is 190 g/mol. The van der Waals surface area contributed by atoms with Gasteiger partial charge in [-0.3, -0.25) is 9.78 Å². The van der Waals surface area contributed by atoms with Gasteiger partial charge in [0.05, 0.1) is 6.04 Å². The highest BCUT2D eigenvalue weighted by Gasteiger charge is 2.25. The zero-order valence-corrected chi connectivity index (χ0v) is 8.60. The molecule has 1 saturated heterocycles. The van der Waals surface area contributed by atoms with Crippen molar-refractivity contribution in [3.63, 3.8) is 0 Å². The predicted molar refractivity (Wildman–Crippen MR) is 56.9 cm³/mol. The van der Waals surface area contributed by atoms with Crippen LogP contribution in [0.4, 0.5) is 0 Å². The highest BCUT2D eigenvalue weighted by atomic mass is 16.2. The van der Waals surface area contributed by atoms with Crippen LogP contribution in [0.1, 0.15) is 18.4 Å². The van der Waals surface area contributed by atoms with Crippen LogP contribution in [-0.4, -0.2) is 28.4 Å². The summed E-state index contributed by atoms with van der Waals surface area (Å²) in [5.41, 5.74) is 6.77. The topological polar surface area (TPSA) is 59.2 Å². The van der Waals surface area contributed by atoms with Crippen LogP contribution in [0.25, 0.3) is 0 Å². The van der Waals surface area contributed by atoms with E-state index in [0.29, 0.717) is 6.54 Å². The Morgan fingerprint density at radius 1 is 1.60 bits per heavy atom. The van der Waals surface area contributed by atoms with E-state index in [-0.39, 0.29) is 11.9 Å². The molecule has 1 atom stereocenters. The molecule has 2 N–H and O–H groups in total. The lowest BCUT2D eigenvalue weighted by atomic mass is 10.1. The summed E-state index contributed by atoms with van der Waals surface area (Å²) in [6.45, 7) is 1.43. The minimum absolute atomic E-state index is 0.0603. The molecule has 1 aliphatic heterocycles. The second-order valence-corrected chi connectivity index (χ2v) is 3.87. The normalized spacial score (nSPS) is 21.8. The summed E-state index contributed by atoms with van der Waals surface area (Å²) in [4.78, 5) is 17.5. The number of piperidine rings is 1. The number of hydrogen-bond donors (Lipinski definition) is 1. The van der Waals surface area contributed by atoms with E-state index in [9.17, 15) is 4.79 Å². The molecular formula is C11H15N3O. The first-order chi connectivity index (χ1) is 7.27. The summed E-state index contributed by atoms with van der Waals surface area (Å²) in [5, 5.41) is 0. The second-order valence-electron chi connectivity index (χ2n) is 3.87. The molecule has 1 fully saturated rings. The van der Waals surface area contributed by atoms with Gasteiger partial charge in [-0.15, -0.1) is 0 Å². The molecule has 0 radical (unpaired) electrons. The van der Waals surface area contributed by atoms with Gasteiger partial charge in [0.15, 0.2) is 0 Å². The molecule has 0 aromatic carbocycles. The van der Waals surface area contributed by atoms with Gasteiger partial charge in [0.25, 0.3) is 0 Å². The third kappa shape index (κ3) is 2.33. The molecule has 1 amide bonds. The summed E-state index contributed by atoms with van der Waals surface area (Å²) in [5.74, 6) is 0.0603. The van der Waals surface area contributed by atoms with Crippen molar-refractivity contribution < 1.29 is 4.79 Å². The number of aromatic nitrogens is 1. The van der Waals surface area contributed by atoms with Crippen molar-refractivity contribution in [2.75, 3.05) is 6.54 Å². The van der Waals surface area contributed by atoms with Crippen molar-refractivity contribution in [1.82, 2.24) is 9.88 Å². The van der Waals surface area contributed by atoms with Crippen LogP contribution in [0, 0.1) is 0 Å². The van der Waals surface area contributed by atoms with Crippen LogP contribution in [0.15, 0.2) is 24.5 Å². The van der Waals surface area contributed by atoms with Gasteiger partial charge in [-0.25, -0.2) is 0 Å². The van der Waals surface area contributed by atoms with Gasteiger partial charge in [0.1, 0.15) is 0 Å². The number of carbonyl (C=O) groups excluding carboxylic acids is 1. The number of pyridine rings is 1. The number of likely N-dealkylation sites (tertiary alicyclic amines) is 1. The summed E-state index contributed by atoms with van der Waals surface area (Å²) >= 11 is 0. The van der Waals surface area contributed by atoms with Crippen molar-refractivity contribution in [2.45, 2.75) is 25.4 Å². The maximum Gasteiger partial charge on any atom is 0.239 e. The standard InChI is InChI=1S/C11H15N3O/c12-10-4-2-6-14(11(10)15)8-9-3-1-5-13-7-9/h1,3,5,7,10H,2,4,6,8,12H2. The largest absolute Gasteiger partial charge is 0.337 e. The molecule has 80 valence electrons. The maximum atomic E-state index is 11.7. The van der Waals surface area contributed by atoms with E-state index in [1.54, 1.807) is 12.4 Å². The summed E-state index contributed by atoms with van der Waals surface area (Å²) in [6, 6.07) is 3.54. The SMILES string of the molecule is NC1CCCN(Cc2cccnc2)C1=O. The fraction of sp³-hybridized carbons (Fsp3) is 0.455. The lowest BCUT2D eigenvalue weighted by Gasteiger charge is -2.30. The van der Waals surface area contributed by atoms with Crippen LogP contribution in [0.5, 0.6) is 0 Å². The van der Waals surface area contributed by atoms with Gasteiger partial charge in [0, 0.05) is 25.5 Å². The molecule has 0 saturated carbocycles. The Morgan fingerprint density at radius 3 is 3.20 bits per heavy atom. The third-order valence-electron chi connectivity index (χ3n) is 2.67. The zero-order chi connectivity index (χ0) is 10.7. The average molecular weight is 205 g/mol. The Kier molecular flexibility index (Phi) is 2.97. The first-order valence-electron chi connectivity index (χ1n) is 5.20. The fourth-order valence-corrected chi connectivity index (χ4v) is 1.84. The van der Waals surface area contributed by atoms with Crippen LogP contribution in [0.3, 0.4) is 0 Å². The number of amides is 1. The summed E-state index contributed by atoms with van der Waals surface area (Å²) in [6.07, 6.45) is 5.32. The van der Waals surface area contributed by atoms with Gasteiger partial charge in [-0.1, -0.05) is 6.07 Å². The molecule has 0 spiro atoms. The van der Waals surface area contributed by atoms with Crippen LogP contribution in [0.2, 0.25) is 0 Å². The number of hydrogen-bond acceptors (Lipinski definition) is 3. The van der Waals surface area contributed by atoms with Crippen LogP contribution in [-0.2, 0) is 11.3 Å². The second kappa shape index (κ2) is 4.40. The number of rotatable bonds is 2. The molecule has 15 heavy (non-hydrogen) atoms. The Labute approximate surface area is 89.1 Å². The molecule has 1 aromatic heterocycles. The minimum Gasteiger partial charge on any atom is -0.337 e. The lowest BCUT2D eigenvalue weighted by molar-refractivity contribution is -0.135. The van der Waals surface area contributed by atoms with Crippen LogP contribution >= 0.6 is 0 Å². The fourth-order valence-electron chi connectivity index (χ4n) is 1.84. The Bertz CT molecular complexity index is 339. The van der Waals surface area contributed by atoms with E-state index >= 15 is 0 Å². The third-order valence-corrected chi connectivity index (χ3v) is 2.67. The van der Waals surface area contributed by atoms with Gasteiger partial charge in [-0.2, -0.15) is 0 Å². The van der Waals surface area contributed by atoms with Crippen LogP contribution < -0.4 is 5.73 Å². The molecule has 1 aliphatic rings. The van der Waals surface area contributed by atoms with Gasteiger partial charge in [0.2, 0.25) is 5.91 Å². The molecule has 4 heteroatoms. The molecule has 0 aliphatic carbocycles. The van der Waals surface area contributed by atoms with Crippen molar-refractivity contribution in [3.05, 3.63) is 30.1 Å². The number of nitrogens with two attached hydrogens (primary N) is 1. The first-order valence-corrected chi connectivity index (χ1v) is 5.20. The predicted octanol–water partition coefficient (Wildman–Crippen LogP) is 0.531. The minimum atomic E-state index is -0.310. The van der Waals surface area contributed by atoms with Gasteiger partial charge in [-0.05, 0) is 24.5 Å². The monoisotopic (exact) mass is 205 g/mol. The summed E-state index contributed by atoms with van der Waals surface area (Å²) < 4.78 is 0. The average Bonchev–Trinajstić information content (AvgIpc) is 2.26. The van der Waals surface area contributed by atoms with E-state index in [1.807, 2.05) is 17.0 Å². The molecule has 4 nitrogen and oxygen atoms in total. The molecule has 2 rings (SSSR count). The van der Waals surface area contributed by atoms with Gasteiger partial charge < -0.3 is 10.6 Å². The summed E-state index contributed by atoms with van der Waals surface area (Å²) in [7, 11) is 0. The lowest BCUT2D eigenvalue weighted by Crippen LogP contribution is -2.47. The van der Waals surface area contributed by atoms with Crippen molar-refractivity contribution >= 4 is 5.91 Å². The Hall–Kier alpha value is -1.42. The van der Waals surface area contributed by atoms with E-state index in [1.165, 1.54) is 0 Å². The van der Waals surface area contributed by atoms with E-state index in [2.05, 4.69) is 4.98 Å². The smallest absolute Gasteiger partial charge is 0.239 e. The van der Waals surface area contributed by atoms with E-state index in [0.717, 1.165) is 24.9 Å². The molecule has 0 bridgehead atoms. The van der Waals surface area contributed by atoms with Crippen molar-refractivity contribution in [2.24, 2.45) is 5.73 Å². The Morgan fingerprint density at radius 2 is 2.47 bits per heavy atom. The van der Waals surface area contributed by atoms with E-state index < -0.39 is 0 Å². The highest BCUT2D eigenvalue weighted by Crippen LogP contribution is 2.13.